The van der Waals surface area contributed by atoms with Crippen LogP contribution in [-0.4, -0.2) is 56.8 Å². The molecule has 8 heteroatoms. The normalized spacial score (nSPS) is 18.8. The average molecular weight is 432 g/mol. The fraction of sp³-hybridized carbons (Fsp3) is 0.364. The number of hydrogen-bond acceptors (Lipinski definition) is 4. The number of ether oxygens (including phenoxy) is 2. The van der Waals surface area contributed by atoms with E-state index in [0.717, 1.165) is 11.3 Å². The summed E-state index contributed by atoms with van der Waals surface area (Å²) in [6, 6.07) is 13.9. The minimum atomic E-state index is -0.362. The summed E-state index contributed by atoms with van der Waals surface area (Å²) in [7, 11) is 3.23. The van der Waals surface area contributed by atoms with Crippen molar-refractivity contribution in [2.24, 2.45) is 0 Å². The van der Waals surface area contributed by atoms with Gasteiger partial charge in [0.2, 0.25) is 5.91 Å². The number of benzene rings is 2. The molecule has 1 unspecified atom stereocenters. The van der Waals surface area contributed by atoms with Crippen LogP contribution in [-0.2, 0) is 9.53 Å². The van der Waals surface area contributed by atoms with Gasteiger partial charge in [0.25, 0.3) is 0 Å². The number of methoxy groups -OCH3 is 2. The molecule has 0 bridgehead atoms. The fourth-order valence-electron chi connectivity index (χ4n) is 3.55. The van der Waals surface area contributed by atoms with Crippen molar-refractivity contribution in [1.29, 1.82) is 0 Å². The van der Waals surface area contributed by atoms with Gasteiger partial charge in [-0.05, 0) is 42.0 Å². The quantitative estimate of drug-likeness (QED) is 0.703. The van der Waals surface area contributed by atoms with Crippen LogP contribution in [0.2, 0.25) is 5.02 Å². The maximum atomic E-state index is 12.6. The molecule has 7 nitrogen and oxygen atoms in total. The molecule has 1 aliphatic rings. The molecule has 2 atom stereocenters. The third-order valence-electron chi connectivity index (χ3n) is 5.18. The molecule has 1 heterocycles. The van der Waals surface area contributed by atoms with Crippen LogP contribution in [0.4, 0.5) is 10.5 Å². The van der Waals surface area contributed by atoms with Crippen molar-refractivity contribution in [1.82, 2.24) is 10.2 Å². The molecule has 1 saturated heterocycles. The molecule has 0 spiro atoms. The van der Waals surface area contributed by atoms with Crippen LogP contribution in [0.3, 0.4) is 0 Å². The summed E-state index contributed by atoms with van der Waals surface area (Å²) in [5, 5.41) is 6.36. The van der Waals surface area contributed by atoms with E-state index in [4.69, 9.17) is 21.1 Å². The predicted octanol–water partition coefficient (Wildman–Crippen LogP) is 3.50. The molecule has 2 aromatic rings. The number of halogens is 1. The highest BCUT2D eigenvalue weighted by molar-refractivity contribution is 6.30. The van der Waals surface area contributed by atoms with Crippen molar-refractivity contribution >= 4 is 29.2 Å². The molecule has 0 radical (unpaired) electrons. The number of nitrogens with one attached hydrogen (secondary N) is 2. The Kier molecular flexibility index (Phi) is 7.54. The number of piperidine rings is 1. The number of urea groups is 1. The zero-order chi connectivity index (χ0) is 21.5. The Morgan fingerprint density at radius 1 is 1.13 bits per heavy atom. The second kappa shape index (κ2) is 10.3. The van der Waals surface area contributed by atoms with Crippen LogP contribution in [0.25, 0.3) is 0 Å². The largest absolute Gasteiger partial charge is 0.497 e. The Morgan fingerprint density at radius 3 is 2.47 bits per heavy atom. The van der Waals surface area contributed by atoms with E-state index in [9.17, 15) is 9.59 Å². The highest BCUT2D eigenvalue weighted by Crippen LogP contribution is 2.29. The Hall–Kier alpha value is -2.77. The van der Waals surface area contributed by atoms with Gasteiger partial charge >= 0.3 is 6.03 Å². The lowest BCUT2D eigenvalue weighted by atomic mass is 9.85. The van der Waals surface area contributed by atoms with Crippen molar-refractivity contribution in [3.05, 3.63) is 59.1 Å². The summed E-state index contributed by atoms with van der Waals surface area (Å²) in [6.07, 6.45) is 0.217. The number of hydrogen-bond donors (Lipinski definition) is 2. The van der Waals surface area contributed by atoms with Crippen molar-refractivity contribution in [3.8, 4) is 5.75 Å². The van der Waals surface area contributed by atoms with Gasteiger partial charge in [0.1, 0.15) is 5.75 Å². The Balaban J connectivity index is 1.75. The molecule has 0 aromatic heterocycles. The van der Waals surface area contributed by atoms with Crippen LogP contribution in [0.1, 0.15) is 17.9 Å². The molecule has 160 valence electrons. The van der Waals surface area contributed by atoms with Gasteiger partial charge in [0.15, 0.2) is 0 Å². The summed E-state index contributed by atoms with van der Waals surface area (Å²) in [5.74, 6) is 0.696. The molecule has 1 fully saturated rings. The Morgan fingerprint density at radius 2 is 1.83 bits per heavy atom. The maximum Gasteiger partial charge on any atom is 0.319 e. The van der Waals surface area contributed by atoms with E-state index in [1.54, 1.807) is 43.4 Å². The summed E-state index contributed by atoms with van der Waals surface area (Å²) >= 11 is 5.89. The minimum Gasteiger partial charge on any atom is -0.497 e. The molecule has 1 aliphatic heterocycles. The molecular formula is C22H26ClN3O4. The standard InChI is InChI=1S/C22H26ClN3O4/c1-29-12-11-26-14-19(15-3-9-18(30-2)10-4-15)20(13-21(26)27)25-22(28)24-17-7-5-16(23)6-8-17/h3-10,19-20H,11-14H2,1-2H3,(H2,24,25,28)/t19?,20-/m0/s1. The highest BCUT2D eigenvalue weighted by Gasteiger charge is 2.35. The molecular weight excluding hydrogens is 406 g/mol. The summed E-state index contributed by atoms with van der Waals surface area (Å²) < 4.78 is 10.4. The first-order valence-electron chi connectivity index (χ1n) is 9.74. The summed E-state index contributed by atoms with van der Waals surface area (Å²) in [4.78, 5) is 27.0. The highest BCUT2D eigenvalue weighted by atomic mass is 35.5. The van der Waals surface area contributed by atoms with E-state index in [1.807, 2.05) is 24.3 Å². The first-order chi connectivity index (χ1) is 14.5. The van der Waals surface area contributed by atoms with Crippen LogP contribution >= 0.6 is 11.6 Å². The minimum absolute atomic E-state index is 0.00592. The number of anilines is 1. The number of carbonyl (C=O) groups is 2. The van der Waals surface area contributed by atoms with Crippen molar-refractivity contribution in [2.45, 2.75) is 18.4 Å². The third-order valence-corrected chi connectivity index (χ3v) is 5.43. The lowest BCUT2D eigenvalue weighted by Gasteiger charge is -2.38. The smallest absolute Gasteiger partial charge is 0.319 e. The predicted molar refractivity (Wildman–Crippen MR) is 116 cm³/mol. The topological polar surface area (TPSA) is 79.9 Å². The van der Waals surface area contributed by atoms with Crippen LogP contribution in [0.5, 0.6) is 5.75 Å². The van der Waals surface area contributed by atoms with Crippen LogP contribution < -0.4 is 15.4 Å². The first kappa shape index (κ1) is 21.9. The number of amides is 3. The molecule has 0 saturated carbocycles. The summed E-state index contributed by atoms with van der Waals surface area (Å²) in [6.45, 7) is 1.49. The van der Waals surface area contributed by atoms with Crippen LogP contribution in [0, 0.1) is 0 Å². The molecule has 2 aromatic carbocycles. The third kappa shape index (κ3) is 5.64. The van der Waals surface area contributed by atoms with Gasteiger partial charge in [0, 0.05) is 49.3 Å². The second-order valence-electron chi connectivity index (χ2n) is 7.13. The molecule has 3 amide bonds. The van der Waals surface area contributed by atoms with E-state index in [1.165, 1.54) is 0 Å². The molecule has 30 heavy (non-hydrogen) atoms. The number of carbonyl (C=O) groups excluding carboxylic acids is 2. The number of rotatable bonds is 7. The van der Waals surface area contributed by atoms with E-state index < -0.39 is 0 Å². The molecule has 0 aliphatic carbocycles. The SMILES string of the molecule is COCCN1CC(c2ccc(OC)cc2)[C@@H](NC(=O)Nc2ccc(Cl)cc2)CC1=O. The van der Waals surface area contributed by atoms with E-state index in [0.29, 0.717) is 30.4 Å². The second-order valence-corrected chi connectivity index (χ2v) is 7.56. The molecule has 2 N–H and O–H groups in total. The fourth-order valence-corrected chi connectivity index (χ4v) is 3.68. The lowest BCUT2D eigenvalue weighted by Crippen LogP contribution is -2.53. The van der Waals surface area contributed by atoms with Gasteiger partial charge < -0.3 is 25.0 Å². The van der Waals surface area contributed by atoms with Crippen molar-refractivity contribution in [2.75, 3.05) is 39.2 Å². The average Bonchev–Trinajstić information content (AvgIpc) is 2.75. The van der Waals surface area contributed by atoms with Gasteiger partial charge in [-0.25, -0.2) is 4.79 Å². The van der Waals surface area contributed by atoms with Crippen molar-refractivity contribution < 1.29 is 19.1 Å². The first-order valence-corrected chi connectivity index (χ1v) is 10.1. The number of likely N-dealkylation sites (tertiary alicyclic amines) is 1. The zero-order valence-electron chi connectivity index (χ0n) is 17.1. The van der Waals surface area contributed by atoms with Gasteiger partial charge in [-0.3, -0.25) is 4.79 Å². The number of nitrogens with zero attached hydrogens (tertiary/aromatic N) is 1. The van der Waals surface area contributed by atoms with Gasteiger partial charge in [-0.2, -0.15) is 0 Å². The van der Waals surface area contributed by atoms with Crippen LogP contribution in [0.15, 0.2) is 48.5 Å². The van der Waals surface area contributed by atoms with Crippen molar-refractivity contribution in [3.63, 3.8) is 0 Å². The van der Waals surface area contributed by atoms with E-state index in [2.05, 4.69) is 10.6 Å². The van der Waals surface area contributed by atoms with Gasteiger partial charge in [-0.15, -0.1) is 0 Å². The van der Waals surface area contributed by atoms with Gasteiger partial charge in [-0.1, -0.05) is 23.7 Å². The maximum absolute atomic E-state index is 12.6. The van der Waals surface area contributed by atoms with E-state index >= 15 is 0 Å². The molecule has 3 rings (SSSR count). The lowest BCUT2D eigenvalue weighted by molar-refractivity contribution is -0.135. The van der Waals surface area contributed by atoms with E-state index in [-0.39, 0.29) is 30.3 Å². The Labute approximate surface area is 181 Å². The van der Waals surface area contributed by atoms with Gasteiger partial charge in [0.05, 0.1) is 13.7 Å². The Bertz CT molecular complexity index is 858. The zero-order valence-corrected chi connectivity index (χ0v) is 17.8. The summed E-state index contributed by atoms with van der Waals surface area (Å²) in [5.41, 5.74) is 1.66. The monoisotopic (exact) mass is 431 g/mol.